The van der Waals surface area contributed by atoms with Gasteiger partial charge in [-0.3, -0.25) is 9.59 Å². The van der Waals surface area contributed by atoms with Gasteiger partial charge in [0.15, 0.2) is 0 Å². The number of amides is 1. The van der Waals surface area contributed by atoms with E-state index in [0.29, 0.717) is 25.4 Å². The molecule has 1 unspecified atom stereocenters. The van der Waals surface area contributed by atoms with E-state index in [0.717, 1.165) is 12.8 Å². The second-order valence-electron chi connectivity index (χ2n) is 5.39. The molecule has 0 spiro atoms. The minimum atomic E-state index is -0.773. The molecule has 0 bridgehead atoms. The van der Waals surface area contributed by atoms with Crippen LogP contribution in [0.25, 0.3) is 0 Å². The van der Waals surface area contributed by atoms with E-state index < -0.39 is 5.97 Å². The van der Waals surface area contributed by atoms with Gasteiger partial charge in [-0.1, -0.05) is 13.8 Å². The summed E-state index contributed by atoms with van der Waals surface area (Å²) in [6.45, 7) is 5.18. The van der Waals surface area contributed by atoms with Crippen molar-refractivity contribution in [2.45, 2.75) is 33.1 Å². The first-order valence-electron chi connectivity index (χ1n) is 5.99. The highest BCUT2D eigenvalue weighted by molar-refractivity contribution is 5.86. The van der Waals surface area contributed by atoms with Crippen LogP contribution in [0.5, 0.6) is 0 Å². The smallest absolute Gasteiger partial charge is 0.308 e. The second kappa shape index (κ2) is 3.75. The molecule has 90 valence electrons. The molecule has 2 rings (SSSR count). The number of rotatable bonds is 3. The summed E-state index contributed by atoms with van der Waals surface area (Å²) in [5.41, 5.74) is -0.159. The lowest BCUT2D eigenvalue weighted by Gasteiger charge is -2.25. The summed E-state index contributed by atoms with van der Waals surface area (Å²) in [5.74, 6) is -0.577. The minimum absolute atomic E-state index is 0.159. The molecule has 4 heteroatoms. The van der Waals surface area contributed by atoms with Crippen LogP contribution in [0.1, 0.15) is 33.1 Å². The summed E-state index contributed by atoms with van der Waals surface area (Å²) in [5, 5.41) is 8.90. The number of hydrogen-bond acceptors (Lipinski definition) is 2. The Kier molecular flexibility index (Phi) is 2.68. The number of aliphatic carboxylic acids is 1. The van der Waals surface area contributed by atoms with Gasteiger partial charge in [-0.25, -0.2) is 0 Å². The molecule has 0 aromatic carbocycles. The van der Waals surface area contributed by atoms with Crippen molar-refractivity contribution in [1.29, 1.82) is 0 Å². The van der Waals surface area contributed by atoms with Gasteiger partial charge in [-0.15, -0.1) is 0 Å². The van der Waals surface area contributed by atoms with Crippen LogP contribution in [-0.2, 0) is 9.59 Å². The first-order valence-corrected chi connectivity index (χ1v) is 5.99. The Morgan fingerprint density at radius 3 is 2.38 bits per heavy atom. The Morgan fingerprint density at radius 2 is 2.00 bits per heavy atom. The average Bonchev–Trinajstić information content (AvgIpc) is 2.88. The largest absolute Gasteiger partial charge is 0.481 e. The molecule has 0 aromatic heterocycles. The molecule has 16 heavy (non-hydrogen) atoms. The van der Waals surface area contributed by atoms with Gasteiger partial charge in [0.05, 0.1) is 11.3 Å². The lowest BCUT2D eigenvalue weighted by Crippen LogP contribution is -2.38. The van der Waals surface area contributed by atoms with Crippen molar-refractivity contribution >= 4 is 11.9 Å². The van der Waals surface area contributed by atoms with Crippen LogP contribution < -0.4 is 0 Å². The van der Waals surface area contributed by atoms with E-state index in [9.17, 15) is 9.59 Å². The molecule has 0 aromatic rings. The summed E-state index contributed by atoms with van der Waals surface area (Å²) in [4.78, 5) is 24.9. The first kappa shape index (κ1) is 11.4. The minimum Gasteiger partial charge on any atom is -0.481 e. The fourth-order valence-corrected chi connectivity index (χ4v) is 2.63. The summed E-state index contributed by atoms with van der Waals surface area (Å²) in [6.07, 6.45) is 2.55. The van der Waals surface area contributed by atoms with Gasteiger partial charge in [0, 0.05) is 13.1 Å². The first-order chi connectivity index (χ1) is 7.47. The molecule has 2 aliphatic rings. The molecule has 0 radical (unpaired) electrons. The van der Waals surface area contributed by atoms with Crippen LogP contribution in [0.4, 0.5) is 0 Å². The van der Waals surface area contributed by atoms with Crippen molar-refractivity contribution in [2.24, 2.45) is 17.3 Å². The Hall–Kier alpha value is -1.06. The molecular formula is C12H19NO3. The number of hydrogen-bond donors (Lipinski definition) is 1. The van der Waals surface area contributed by atoms with Gasteiger partial charge in [-0.2, -0.15) is 0 Å². The maximum absolute atomic E-state index is 12.3. The average molecular weight is 225 g/mol. The van der Waals surface area contributed by atoms with Crippen molar-refractivity contribution in [3.8, 4) is 0 Å². The molecule has 1 aliphatic heterocycles. The molecule has 1 aliphatic carbocycles. The number of carbonyl (C=O) groups is 2. The normalized spacial score (nSPS) is 27.2. The van der Waals surface area contributed by atoms with Gasteiger partial charge in [-0.05, 0) is 25.2 Å². The summed E-state index contributed by atoms with van der Waals surface area (Å²) in [6, 6.07) is 0. The van der Waals surface area contributed by atoms with E-state index in [2.05, 4.69) is 13.8 Å². The third-order valence-electron chi connectivity index (χ3n) is 4.14. The predicted molar refractivity (Wildman–Crippen MR) is 58.8 cm³/mol. The van der Waals surface area contributed by atoms with Crippen LogP contribution >= 0.6 is 0 Å². The van der Waals surface area contributed by atoms with Crippen LogP contribution in [0.15, 0.2) is 0 Å². The highest BCUT2D eigenvalue weighted by atomic mass is 16.4. The fraction of sp³-hybridized carbons (Fsp3) is 0.833. The molecular weight excluding hydrogens is 206 g/mol. The Labute approximate surface area is 95.6 Å². The molecule has 2 fully saturated rings. The fourth-order valence-electron chi connectivity index (χ4n) is 2.63. The van der Waals surface area contributed by atoms with Gasteiger partial charge < -0.3 is 10.0 Å². The van der Waals surface area contributed by atoms with E-state index in [1.807, 2.05) is 0 Å². The number of nitrogens with zero attached hydrogens (tertiary/aromatic N) is 1. The van der Waals surface area contributed by atoms with Crippen molar-refractivity contribution in [3.63, 3.8) is 0 Å². The van der Waals surface area contributed by atoms with Crippen molar-refractivity contribution in [1.82, 2.24) is 4.90 Å². The van der Waals surface area contributed by atoms with Crippen molar-refractivity contribution in [3.05, 3.63) is 0 Å². The number of likely N-dealkylation sites (tertiary alicyclic amines) is 1. The zero-order valence-corrected chi connectivity index (χ0v) is 9.90. The number of carboxylic acids is 1. The highest BCUT2D eigenvalue weighted by Crippen LogP contribution is 2.53. The van der Waals surface area contributed by atoms with E-state index >= 15 is 0 Å². The molecule has 1 heterocycles. The van der Waals surface area contributed by atoms with Crippen LogP contribution in [0.3, 0.4) is 0 Å². The van der Waals surface area contributed by atoms with Gasteiger partial charge in [0.2, 0.25) is 5.91 Å². The third kappa shape index (κ3) is 1.70. The van der Waals surface area contributed by atoms with E-state index in [4.69, 9.17) is 5.11 Å². The number of carboxylic acid groups (broad SMARTS) is 1. The van der Waals surface area contributed by atoms with E-state index in [-0.39, 0.29) is 17.2 Å². The second-order valence-corrected chi connectivity index (χ2v) is 5.39. The summed E-state index contributed by atoms with van der Waals surface area (Å²) >= 11 is 0. The predicted octanol–water partition coefficient (Wildman–Crippen LogP) is 1.36. The van der Waals surface area contributed by atoms with Crippen LogP contribution in [0.2, 0.25) is 0 Å². The lowest BCUT2D eigenvalue weighted by molar-refractivity contribution is -0.142. The zero-order chi connectivity index (χ0) is 11.9. The van der Waals surface area contributed by atoms with Crippen LogP contribution in [-0.4, -0.2) is 35.0 Å². The maximum Gasteiger partial charge on any atom is 0.308 e. The Balaban J connectivity index is 2.00. The Bertz CT molecular complexity index is 320. The van der Waals surface area contributed by atoms with Gasteiger partial charge >= 0.3 is 5.97 Å². The standard InChI is InChI=1S/C12H19NO3/c1-8(2)12(4-5-12)11(16)13-6-3-9(7-13)10(14)15/h8-9H,3-7H2,1-2H3,(H,14,15). The third-order valence-corrected chi connectivity index (χ3v) is 4.14. The highest BCUT2D eigenvalue weighted by Gasteiger charge is 2.54. The van der Waals surface area contributed by atoms with Gasteiger partial charge in [0.25, 0.3) is 0 Å². The molecule has 4 nitrogen and oxygen atoms in total. The summed E-state index contributed by atoms with van der Waals surface area (Å²) in [7, 11) is 0. The number of carbonyl (C=O) groups excluding carboxylic acids is 1. The van der Waals surface area contributed by atoms with Crippen LogP contribution in [0, 0.1) is 17.3 Å². The zero-order valence-electron chi connectivity index (χ0n) is 9.90. The van der Waals surface area contributed by atoms with Crippen molar-refractivity contribution < 1.29 is 14.7 Å². The summed E-state index contributed by atoms with van der Waals surface area (Å²) < 4.78 is 0. The van der Waals surface area contributed by atoms with Crippen molar-refractivity contribution in [2.75, 3.05) is 13.1 Å². The Morgan fingerprint density at radius 1 is 1.38 bits per heavy atom. The molecule has 1 saturated heterocycles. The molecule has 1 amide bonds. The lowest BCUT2D eigenvalue weighted by atomic mass is 9.91. The van der Waals surface area contributed by atoms with Gasteiger partial charge in [0.1, 0.15) is 0 Å². The topological polar surface area (TPSA) is 57.6 Å². The van der Waals surface area contributed by atoms with E-state index in [1.165, 1.54) is 0 Å². The quantitative estimate of drug-likeness (QED) is 0.789. The van der Waals surface area contributed by atoms with E-state index in [1.54, 1.807) is 4.90 Å². The molecule has 1 N–H and O–H groups in total. The maximum atomic E-state index is 12.3. The molecule has 1 atom stereocenters. The SMILES string of the molecule is CC(C)C1(C(=O)N2CCC(C(=O)O)C2)CC1. The monoisotopic (exact) mass is 225 g/mol. The molecule has 1 saturated carbocycles.